The minimum Gasteiger partial charge on any atom is -0.400 e. The summed E-state index contributed by atoms with van der Waals surface area (Å²) in [5.41, 5.74) is -14.7. The van der Waals surface area contributed by atoms with Crippen LogP contribution in [0.5, 0.6) is 0 Å². The Morgan fingerprint density at radius 1 is 0.379 bits per heavy atom. The molecule has 19 heteroatoms. The van der Waals surface area contributed by atoms with Crippen molar-refractivity contribution in [3.8, 4) is 0 Å². The molecule has 0 aromatic carbocycles. The average Bonchev–Trinajstić information content (AvgIpc) is 2.46. The second-order valence-electron chi connectivity index (χ2n) is 4.59. The summed E-state index contributed by atoms with van der Waals surface area (Å²) >= 11 is 0. The van der Waals surface area contributed by atoms with Crippen LogP contribution in [0, 0.1) is 0 Å². The van der Waals surface area contributed by atoms with Crippen molar-refractivity contribution >= 4 is 0 Å². The molecular formula is C10F18O. The van der Waals surface area contributed by atoms with Gasteiger partial charge in [0.1, 0.15) is 0 Å². The lowest BCUT2D eigenvalue weighted by Crippen LogP contribution is -2.54. The monoisotopic (exact) mass is 478 g/mol. The van der Waals surface area contributed by atoms with Gasteiger partial charge in [-0.3, -0.25) is 0 Å². The van der Waals surface area contributed by atoms with Crippen LogP contribution in [0.3, 0.4) is 0 Å². The normalized spacial score (nSPS) is 17.0. The quantitative estimate of drug-likeness (QED) is 0.316. The zero-order valence-electron chi connectivity index (χ0n) is 12.2. The molecule has 0 aliphatic carbocycles. The molecule has 0 aromatic rings. The van der Waals surface area contributed by atoms with Gasteiger partial charge in [0.25, 0.3) is 0 Å². The molecule has 0 N–H and O–H groups in total. The summed E-state index contributed by atoms with van der Waals surface area (Å²) < 4.78 is 225. The van der Waals surface area contributed by atoms with E-state index in [-0.39, 0.29) is 0 Å². The second-order valence-corrected chi connectivity index (χ2v) is 4.59. The van der Waals surface area contributed by atoms with Crippen LogP contribution in [-0.4, -0.2) is 36.0 Å². The van der Waals surface area contributed by atoms with Crippen LogP contribution in [0.2, 0.25) is 0 Å². The minimum absolute atomic E-state index is 2.04. The molecule has 0 heterocycles. The largest absolute Gasteiger partial charge is 0.438 e. The van der Waals surface area contributed by atoms with Crippen LogP contribution in [0.4, 0.5) is 79.0 Å². The SMILES string of the molecule is FC(OC(F)=C(F)C(F)(C(F)(F)F)C(F)(F)F)=C(F)C(F)(C(F)(F)F)C(F)(F)F. The van der Waals surface area contributed by atoms with E-state index in [1.54, 1.807) is 0 Å². The lowest BCUT2D eigenvalue weighted by atomic mass is 10.0. The first-order valence-electron chi connectivity index (χ1n) is 5.81. The van der Waals surface area contributed by atoms with Crippen LogP contribution in [0.1, 0.15) is 0 Å². The van der Waals surface area contributed by atoms with Crippen LogP contribution < -0.4 is 0 Å². The van der Waals surface area contributed by atoms with Gasteiger partial charge >= 0.3 is 48.1 Å². The van der Waals surface area contributed by atoms with Gasteiger partial charge in [-0.2, -0.15) is 61.5 Å². The van der Waals surface area contributed by atoms with Crippen LogP contribution in [0.15, 0.2) is 23.7 Å². The minimum atomic E-state index is -7.43. The Hall–Kier alpha value is -1.98. The highest BCUT2D eigenvalue weighted by molar-refractivity contribution is 5.22. The smallest absolute Gasteiger partial charge is 0.400 e. The second kappa shape index (κ2) is 7.37. The first-order chi connectivity index (χ1) is 12.4. The van der Waals surface area contributed by atoms with Crippen LogP contribution in [0.25, 0.3) is 0 Å². The standard InChI is InChI=1S/C10F18O/c11-1(5(15,7(17,18)19)8(20,21)22)3(13)29-4(14)2(12)6(16,9(23,24)25)10(26,27)28. The molecule has 0 aromatic heterocycles. The lowest BCUT2D eigenvalue weighted by molar-refractivity contribution is -0.332. The summed E-state index contributed by atoms with van der Waals surface area (Å²) in [4.78, 5) is 0. The maximum absolute atomic E-state index is 13.0. The Labute approximate surface area is 145 Å². The van der Waals surface area contributed by atoms with Crippen molar-refractivity contribution in [2.75, 3.05) is 0 Å². The third kappa shape index (κ3) is 4.46. The van der Waals surface area contributed by atoms with E-state index in [0.717, 1.165) is 0 Å². The Bertz CT molecular complexity index is 583. The van der Waals surface area contributed by atoms with Gasteiger partial charge in [0.2, 0.25) is 11.7 Å². The topological polar surface area (TPSA) is 9.23 Å². The van der Waals surface area contributed by atoms with E-state index < -0.39 is 59.7 Å². The van der Waals surface area contributed by atoms with Crippen molar-refractivity contribution in [2.24, 2.45) is 0 Å². The van der Waals surface area contributed by atoms with Gasteiger partial charge in [-0.1, -0.05) is 0 Å². The maximum Gasteiger partial charge on any atom is 0.438 e. The highest BCUT2D eigenvalue weighted by Gasteiger charge is 2.78. The van der Waals surface area contributed by atoms with E-state index in [9.17, 15) is 79.0 Å². The maximum atomic E-state index is 13.0. The third-order valence-corrected chi connectivity index (χ3v) is 2.69. The van der Waals surface area contributed by atoms with Gasteiger partial charge in [-0.15, -0.1) is 0 Å². The van der Waals surface area contributed by atoms with Crippen molar-refractivity contribution in [3.05, 3.63) is 23.7 Å². The van der Waals surface area contributed by atoms with E-state index in [1.165, 1.54) is 0 Å². The predicted octanol–water partition coefficient (Wildman–Crippen LogP) is 6.89. The number of hydrogen-bond donors (Lipinski definition) is 0. The first kappa shape index (κ1) is 27.0. The van der Waals surface area contributed by atoms with E-state index in [2.05, 4.69) is 0 Å². The first-order valence-corrected chi connectivity index (χ1v) is 5.81. The van der Waals surface area contributed by atoms with E-state index >= 15 is 0 Å². The third-order valence-electron chi connectivity index (χ3n) is 2.69. The Morgan fingerprint density at radius 3 is 0.690 bits per heavy atom. The molecule has 0 aliphatic heterocycles. The lowest BCUT2D eigenvalue weighted by Gasteiger charge is -2.29. The Balaban J connectivity index is 6.58. The number of alkyl halides is 14. The van der Waals surface area contributed by atoms with Crippen molar-refractivity contribution in [2.45, 2.75) is 36.0 Å². The Morgan fingerprint density at radius 2 is 0.552 bits per heavy atom. The fraction of sp³-hybridized carbons (Fsp3) is 0.600. The molecule has 0 atom stereocenters. The van der Waals surface area contributed by atoms with Crippen molar-refractivity contribution in [1.29, 1.82) is 0 Å². The van der Waals surface area contributed by atoms with Crippen LogP contribution >= 0.6 is 0 Å². The molecule has 0 saturated heterocycles. The summed E-state index contributed by atoms with van der Waals surface area (Å²) in [5.74, 6) is -9.66. The summed E-state index contributed by atoms with van der Waals surface area (Å²) in [6.45, 7) is 0. The van der Waals surface area contributed by atoms with Gasteiger partial charge in [0.15, 0.2) is 0 Å². The van der Waals surface area contributed by atoms with Crippen molar-refractivity contribution in [3.63, 3.8) is 0 Å². The summed E-state index contributed by atoms with van der Waals surface area (Å²) in [6, 6.07) is -8.91. The van der Waals surface area contributed by atoms with Crippen LogP contribution in [-0.2, 0) is 4.74 Å². The number of ether oxygens (including phenoxy) is 1. The van der Waals surface area contributed by atoms with E-state index in [0.29, 0.717) is 0 Å². The fourth-order valence-electron chi connectivity index (χ4n) is 1.26. The molecule has 1 nitrogen and oxygen atoms in total. The van der Waals surface area contributed by atoms with E-state index in [4.69, 9.17) is 0 Å². The molecule has 0 amide bonds. The van der Waals surface area contributed by atoms with E-state index in [1.807, 2.05) is 4.74 Å². The van der Waals surface area contributed by atoms with Crippen molar-refractivity contribution < 1.29 is 83.8 Å². The average molecular weight is 478 g/mol. The summed E-state index contributed by atoms with van der Waals surface area (Å²) in [6.07, 6.45) is -29.7. The zero-order chi connectivity index (χ0) is 24.0. The highest BCUT2D eigenvalue weighted by atomic mass is 19.4. The molecule has 0 aliphatic rings. The number of halogens is 18. The number of rotatable bonds is 4. The molecule has 0 saturated carbocycles. The fourth-order valence-corrected chi connectivity index (χ4v) is 1.26. The Kier molecular flexibility index (Phi) is 6.86. The molecule has 0 rings (SSSR count). The van der Waals surface area contributed by atoms with Crippen molar-refractivity contribution in [1.82, 2.24) is 0 Å². The van der Waals surface area contributed by atoms with Gasteiger partial charge in [0, 0.05) is 0 Å². The van der Waals surface area contributed by atoms with Gasteiger partial charge in [-0.25, -0.2) is 17.6 Å². The molecule has 0 fully saturated rings. The molecule has 29 heavy (non-hydrogen) atoms. The summed E-state index contributed by atoms with van der Waals surface area (Å²) in [5, 5.41) is 0. The van der Waals surface area contributed by atoms with Gasteiger partial charge in [-0.05, 0) is 0 Å². The number of allylic oxidation sites excluding steroid dienone is 2. The summed E-state index contributed by atoms with van der Waals surface area (Å²) in [7, 11) is 0. The predicted molar refractivity (Wildman–Crippen MR) is 51.5 cm³/mol. The molecule has 0 spiro atoms. The molecule has 0 bridgehead atoms. The molecular weight excluding hydrogens is 478 g/mol. The van der Waals surface area contributed by atoms with Gasteiger partial charge in [0.05, 0.1) is 0 Å². The molecule has 0 radical (unpaired) electrons. The molecule has 0 unspecified atom stereocenters. The zero-order valence-corrected chi connectivity index (χ0v) is 12.2. The van der Waals surface area contributed by atoms with Gasteiger partial charge < -0.3 is 4.74 Å². The number of hydrogen-bond acceptors (Lipinski definition) is 1. The molecule has 172 valence electrons. The highest BCUT2D eigenvalue weighted by Crippen LogP contribution is 2.54.